The Kier molecular flexibility index (Phi) is 4.67. The van der Waals surface area contributed by atoms with Gasteiger partial charge in [-0.05, 0) is 18.2 Å². The van der Waals surface area contributed by atoms with Crippen molar-refractivity contribution < 1.29 is 48.9 Å². The minimum Gasteiger partial charge on any atom is -0.545 e. The average molecular weight is 229 g/mol. The monoisotopic (exact) mass is 229 g/mol. The van der Waals surface area contributed by atoms with Crippen LogP contribution in [0.4, 0.5) is 5.69 Å². The van der Waals surface area contributed by atoms with Crippen LogP contribution in [0.15, 0.2) is 30.5 Å². The molecule has 0 atom stereocenters. The van der Waals surface area contributed by atoms with Crippen LogP contribution in [-0.2, 0) is 4.79 Å². The first-order chi connectivity index (χ1) is 7.25. The molecule has 2 rings (SSSR count). The van der Waals surface area contributed by atoms with Gasteiger partial charge in [0, 0.05) is 18.0 Å². The molecule has 1 aromatic carbocycles. The molecule has 78 valence electrons. The van der Waals surface area contributed by atoms with Crippen molar-refractivity contribution in [3.63, 3.8) is 0 Å². The molecule has 0 aromatic heterocycles. The van der Waals surface area contributed by atoms with Gasteiger partial charge in [0.2, 0.25) is 6.79 Å². The number of aliphatic carboxylic acids is 1. The number of benzene rings is 1. The van der Waals surface area contributed by atoms with Crippen LogP contribution in [0.3, 0.4) is 0 Å². The van der Waals surface area contributed by atoms with Gasteiger partial charge in [-0.2, -0.15) is 0 Å². The van der Waals surface area contributed by atoms with Crippen molar-refractivity contribution in [2.45, 2.75) is 0 Å². The van der Waals surface area contributed by atoms with E-state index in [1.54, 1.807) is 18.2 Å². The van der Waals surface area contributed by atoms with Crippen LogP contribution in [-0.4, -0.2) is 12.8 Å². The van der Waals surface area contributed by atoms with E-state index in [2.05, 4.69) is 5.32 Å². The second-order valence-electron chi connectivity index (χ2n) is 2.86. The number of fused-ring (bicyclic) bond motifs is 1. The molecular formula is C10H8NNaO4. The maximum Gasteiger partial charge on any atom is 1.00 e. The fourth-order valence-electron chi connectivity index (χ4n) is 1.19. The first kappa shape index (κ1) is 12.9. The van der Waals surface area contributed by atoms with Crippen LogP contribution in [0, 0.1) is 0 Å². The third-order valence-electron chi connectivity index (χ3n) is 1.84. The van der Waals surface area contributed by atoms with Crippen LogP contribution in [0.5, 0.6) is 11.5 Å². The summed E-state index contributed by atoms with van der Waals surface area (Å²) in [5, 5.41) is 12.9. The first-order valence-corrected chi connectivity index (χ1v) is 4.29. The molecule has 0 aliphatic carbocycles. The van der Waals surface area contributed by atoms with Crippen molar-refractivity contribution in [1.29, 1.82) is 0 Å². The molecule has 0 spiro atoms. The largest absolute Gasteiger partial charge is 1.00 e. The van der Waals surface area contributed by atoms with E-state index in [-0.39, 0.29) is 36.4 Å². The maximum atomic E-state index is 10.1. The number of carbonyl (C=O) groups excluding carboxylic acids is 1. The van der Waals surface area contributed by atoms with Crippen molar-refractivity contribution in [3.05, 3.63) is 30.5 Å². The van der Waals surface area contributed by atoms with E-state index in [1.165, 1.54) is 6.20 Å². The summed E-state index contributed by atoms with van der Waals surface area (Å²) in [6.07, 6.45) is 2.19. The number of nitrogens with one attached hydrogen (secondary N) is 1. The molecule has 1 aromatic rings. The minimum atomic E-state index is -1.25. The zero-order chi connectivity index (χ0) is 10.7. The summed E-state index contributed by atoms with van der Waals surface area (Å²) in [5.74, 6) is 0.0783. The third kappa shape index (κ3) is 3.16. The number of carboxylic acids is 1. The molecule has 1 aliphatic rings. The summed E-state index contributed by atoms with van der Waals surface area (Å²) in [6, 6.07) is 5.23. The van der Waals surface area contributed by atoms with Gasteiger partial charge in [0.1, 0.15) is 0 Å². The molecule has 0 radical (unpaired) electrons. The third-order valence-corrected chi connectivity index (χ3v) is 1.84. The summed E-state index contributed by atoms with van der Waals surface area (Å²) in [7, 11) is 0. The van der Waals surface area contributed by atoms with E-state index in [9.17, 15) is 9.90 Å². The van der Waals surface area contributed by atoms with Crippen LogP contribution in [0.1, 0.15) is 0 Å². The fraction of sp³-hybridized carbons (Fsp3) is 0.100. The Balaban J connectivity index is 0.00000128. The molecule has 0 saturated heterocycles. The Labute approximate surface area is 114 Å². The Bertz CT molecular complexity index is 419. The molecule has 16 heavy (non-hydrogen) atoms. The van der Waals surface area contributed by atoms with Gasteiger partial charge in [0.25, 0.3) is 0 Å². The van der Waals surface area contributed by atoms with Crippen molar-refractivity contribution >= 4 is 11.7 Å². The predicted octanol–water partition coefficient (Wildman–Crippen LogP) is -2.91. The molecule has 0 bridgehead atoms. The van der Waals surface area contributed by atoms with Gasteiger partial charge >= 0.3 is 29.6 Å². The quantitative estimate of drug-likeness (QED) is 0.444. The Morgan fingerprint density at radius 1 is 1.38 bits per heavy atom. The summed E-state index contributed by atoms with van der Waals surface area (Å²) in [6.45, 7) is 0.216. The maximum absolute atomic E-state index is 10.1. The second-order valence-corrected chi connectivity index (χ2v) is 2.86. The second kappa shape index (κ2) is 5.79. The molecule has 0 unspecified atom stereocenters. The van der Waals surface area contributed by atoms with Gasteiger partial charge in [-0.15, -0.1) is 0 Å². The molecule has 5 nitrogen and oxygen atoms in total. The van der Waals surface area contributed by atoms with E-state index in [4.69, 9.17) is 9.47 Å². The van der Waals surface area contributed by atoms with Gasteiger partial charge in [-0.1, -0.05) is 0 Å². The van der Waals surface area contributed by atoms with Crippen molar-refractivity contribution in [2.75, 3.05) is 12.1 Å². The van der Waals surface area contributed by atoms with Crippen molar-refractivity contribution in [2.24, 2.45) is 0 Å². The van der Waals surface area contributed by atoms with Crippen LogP contribution in [0.2, 0.25) is 0 Å². The van der Waals surface area contributed by atoms with Crippen LogP contribution in [0.25, 0.3) is 0 Å². The normalized spacial score (nSPS) is 12.2. The molecular weight excluding hydrogens is 221 g/mol. The zero-order valence-corrected chi connectivity index (χ0v) is 10.7. The summed E-state index contributed by atoms with van der Waals surface area (Å²) in [5.41, 5.74) is 0.719. The Morgan fingerprint density at radius 3 is 2.88 bits per heavy atom. The molecule has 1 aliphatic heterocycles. The van der Waals surface area contributed by atoms with Gasteiger partial charge in [0.15, 0.2) is 11.5 Å². The minimum absolute atomic E-state index is 0. The summed E-state index contributed by atoms with van der Waals surface area (Å²) in [4.78, 5) is 10.1. The first-order valence-electron chi connectivity index (χ1n) is 4.29. The molecule has 0 amide bonds. The SMILES string of the molecule is O=C([O-])/C=C/Nc1ccc2c(c1)OCO2.[Na+]. The number of ether oxygens (including phenoxy) is 2. The number of rotatable bonds is 3. The predicted molar refractivity (Wildman–Crippen MR) is 50.3 cm³/mol. The van der Waals surface area contributed by atoms with E-state index >= 15 is 0 Å². The molecule has 0 fully saturated rings. The van der Waals surface area contributed by atoms with Crippen LogP contribution < -0.4 is 49.5 Å². The number of carbonyl (C=O) groups is 1. The Hall–Kier alpha value is -1.17. The fourth-order valence-corrected chi connectivity index (χ4v) is 1.19. The van der Waals surface area contributed by atoms with E-state index in [1.807, 2.05) is 0 Å². The van der Waals surface area contributed by atoms with Crippen LogP contribution >= 0.6 is 0 Å². The van der Waals surface area contributed by atoms with E-state index in [0.717, 1.165) is 11.8 Å². The standard InChI is InChI=1S/C10H9NO4.Na/c12-10(13)3-4-11-7-1-2-8-9(5-7)15-6-14-8;/h1-5,11H,6H2,(H,12,13);/q;+1/p-1/b4-3+;. The Morgan fingerprint density at radius 2 is 2.12 bits per heavy atom. The van der Waals surface area contributed by atoms with Gasteiger partial charge in [-0.3, -0.25) is 0 Å². The van der Waals surface area contributed by atoms with E-state index < -0.39 is 5.97 Å². The smallest absolute Gasteiger partial charge is 0.545 e. The average Bonchev–Trinajstić information content (AvgIpc) is 2.64. The number of anilines is 1. The molecule has 1 N–H and O–H groups in total. The van der Waals surface area contributed by atoms with Gasteiger partial charge in [0.05, 0.1) is 5.97 Å². The zero-order valence-electron chi connectivity index (χ0n) is 8.73. The van der Waals surface area contributed by atoms with Gasteiger partial charge < -0.3 is 24.7 Å². The van der Waals surface area contributed by atoms with Crippen molar-refractivity contribution in [3.8, 4) is 11.5 Å². The topological polar surface area (TPSA) is 70.6 Å². The molecule has 1 heterocycles. The molecule has 0 saturated carbocycles. The molecule has 6 heteroatoms. The van der Waals surface area contributed by atoms with E-state index in [0.29, 0.717) is 11.5 Å². The number of hydrogen-bond donors (Lipinski definition) is 1. The van der Waals surface area contributed by atoms with Crippen molar-refractivity contribution in [1.82, 2.24) is 0 Å². The van der Waals surface area contributed by atoms with Gasteiger partial charge in [-0.25, -0.2) is 0 Å². The summed E-state index contributed by atoms with van der Waals surface area (Å²) >= 11 is 0. The number of carboxylic acid groups (broad SMARTS) is 1. The summed E-state index contributed by atoms with van der Waals surface area (Å²) < 4.78 is 10.3. The number of hydrogen-bond acceptors (Lipinski definition) is 5.